The first-order valence-electron chi connectivity index (χ1n) is 20.0. The molecule has 10 rings (SSSR count). The molecule has 7 nitrogen and oxygen atoms in total. The molecule has 0 bridgehead atoms. The monoisotopic (exact) mass is 784 g/mol. The predicted molar refractivity (Wildman–Crippen MR) is 243 cm³/mol. The fourth-order valence-electron chi connectivity index (χ4n) is 7.44. The second-order valence-corrected chi connectivity index (χ2v) is 14.4. The molecule has 2 aromatic heterocycles. The van der Waals surface area contributed by atoms with Gasteiger partial charge in [0.05, 0.1) is 0 Å². The summed E-state index contributed by atoms with van der Waals surface area (Å²) in [5.74, 6) is 4.06. The van der Waals surface area contributed by atoms with Gasteiger partial charge in [0.25, 0.3) is 0 Å². The highest BCUT2D eigenvalue weighted by Crippen LogP contribution is 2.40. The number of nitrogens with zero attached hydrogens (tertiary/aromatic N) is 6. The van der Waals surface area contributed by atoms with E-state index in [4.69, 9.17) is 14.7 Å². The van der Waals surface area contributed by atoms with Gasteiger partial charge in [0.2, 0.25) is 0 Å². The Morgan fingerprint density at radius 2 is 0.541 bits per heavy atom. The van der Waals surface area contributed by atoms with Crippen LogP contribution in [0.3, 0.4) is 0 Å². The average molecular weight is 785 g/mol. The minimum Gasteiger partial charge on any atom is -0.456 e. The van der Waals surface area contributed by atoms with Crippen LogP contribution >= 0.6 is 0 Å². The zero-order valence-electron chi connectivity index (χ0n) is 32.9. The lowest BCUT2D eigenvalue weighted by Crippen LogP contribution is -1.95. The van der Waals surface area contributed by atoms with Crippen LogP contribution in [-0.4, -0.2) is 29.9 Å². The van der Waals surface area contributed by atoms with Crippen LogP contribution in [0.1, 0.15) is 0 Å². The maximum atomic E-state index is 6.84. The third kappa shape index (κ3) is 8.04. The molecule has 0 radical (unpaired) electrons. The van der Waals surface area contributed by atoms with Gasteiger partial charge in [-0.1, -0.05) is 170 Å². The molecule has 2 heterocycles. The SMILES string of the molecule is c1ccc(-c2ncnc(-c3cccc(-c4cccc(-c5ccccc5Oc5ccccc5-c5cccc(-c6cccc(-c7ncnc(-c8ccccc8)n7)c6)c5)c4)c3)n2)cc1. The van der Waals surface area contributed by atoms with E-state index in [0.717, 1.165) is 78.3 Å². The molecule has 0 amide bonds. The molecule has 0 atom stereocenters. The predicted octanol–water partition coefficient (Wildman–Crippen LogP) is 13.2. The number of hydrogen-bond donors (Lipinski definition) is 0. The molecule has 0 aliphatic heterocycles. The minimum absolute atomic E-state index is 0.625. The average Bonchev–Trinajstić information content (AvgIpc) is 3.35. The first kappa shape index (κ1) is 36.9. The Morgan fingerprint density at radius 1 is 0.246 bits per heavy atom. The molecule has 0 aliphatic rings. The van der Waals surface area contributed by atoms with Gasteiger partial charge in [-0.05, 0) is 69.8 Å². The minimum atomic E-state index is 0.625. The molecule has 0 fully saturated rings. The van der Waals surface area contributed by atoms with Gasteiger partial charge in [-0.2, -0.15) is 0 Å². The van der Waals surface area contributed by atoms with Gasteiger partial charge in [-0.15, -0.1) is 0 Å². The van der Waals surface area contributed by atoms with Crippen LogP contribution in [-0.2, 0) is 0 Å². The third-order valence-electron chi connectivity index (χ3n) is 10.5. The van der Waals surface area contributed by atoms with Crippen LogP contribution in [0.15, 0.2) is 219 Å². The van der Waals surface area contributed by atoms with Crippen molar-refractivity contribution < 1.29 is 4.74 Å². The Balaban J connectivity index is 0.926. The van der Waals surface area contributed by atoms with E-state index < -0.39 is 0 Å². The first-order chi connectivity index (χ1) is 30.2. The summed E-state index contributed by atoms with van der Waals surface area (Å²) in [6.45, 7) is 0. The number of rotatable bonds is 10. The largest absolute Gasteiger partial charge is 0.456 e. The van der Waals surface area contributed by atoms with Crippen molar-refractivity contribution in [3.05, 3.63) is 219 Å². The molecule has 0 N–H and O–H groups in total. The summed E-state index contributed by atoms with van der Waals surface area (Å²) in [6, 6.07) is 70.0. The van der Waals surface area contributed by atoms with Crippen molar-refractivity contribution in [2.75, 3.05) is 0 Å². The summed E-state index contributed by atoms with van der Waals surface area (Å²) in [7, 11) is 0. The number of benzene rings is 8. The van der Waals surface area contributed by atoms with Gasteiger partial charge in [-0.3, -0.25) is 0 Å². The van der Waals surface area contributed by atoms with E-state index >= 15 is 0 Å². The molecule has 61 heavy (non-hydrogen) atoms. The normalized spacial score (nSPS) is 11.0. The van der Waals surface area contributed by atoms with Crippen LogP contribution in [0.25, 0.3) is 90.1 Å². The lowest BCUT2D eigenvalue weighted by Gasteiger charge is -2.16. The maximum Gasteiger partial charge on any atom is 0.163 e. The van der Waals surface area contributed by atoms with E-state index in [-0.39, 0.29) is 0 Å². The number of ether oxygens (including phenoxy) is 1. The van der Waals surface area contributed by atoms with Crippen LogP contribution in [0, 0.1) is 0 Å². The smallest absolute Gasteiger partial charge is 0.163 e. The summed E-state index contributed by atoms with van der Waals surface area (Å²) >= 11 is 0. The molecular formula is C54H36N6O. The molecular weight excluding hydrogens is 749 g/mol. The summed E-state index contributed by atoms with van der Waals surface area (Å²) in [6.07, 6.45) is 3.15. The van der Waals surface area contributed by atoms with E-state index in [9.17, 15) is 0 Å². The van der Waals surface area contributed by atoms with Crippen molar-refractivity contribution in [3.8, 4) is 102 Å². The fourth-order valence-corrected chi connectivity index (χ4v) is 7.44. The Labute approximate surface area is 353 Å². The summed E-state index contributed by atoms with van der Waals surface area (Å²) < 4.78 is 6.84. The lowest BCUT2D eigenvalue weighted by molar-refractivity contribution is 0.486. The topological polar surface area (TPSA) is 86.6 Å². The molecule has 0 unspecified atom stereocenters. The number of hydrogen-bond acceptors (Lipinski definition) is 7. The quantitative estimate of drug-likeness (QED) is 0.136. The lowest BCUT2D eigenvalue weighted by atomic mass is 9.97. The van der Waals surface area contributed by atoms with Crippen LogP contribution in [0.4, 0.5) is 0 Å². The van der Waals surface area contributed by atoms with Crippen LogP contribution in [0.5, 0.6) is 11.5 Å². The Kier molecular flexibility index (Phi) is 10.2. The molecule has 0 saturated carbocycles. The highest BCUT2D eigenvalue weighted by Gasteiger charge is 2.15. The second kappa shape index (κ2) is 16.8. The molecule has 0 spiro atoms. The van der Waals surface area contributed by atoms with Gasteiger partial charge < -0.3 is 4.74 Å². The molecule has 7 heteroatoms. The molecule has 10 aromatic rings. The van der Waals surface area contributed by atoms with Crippen molar-refractivity contribution in [3.63, 3.8) is 0 Å². The zero-order valence-corrected chi connectivity index (χ0v) is 32.9. The standard InChI is InChI=1S/C54H36N6O/c1-3-15-37(16-4-1)51-55-35-57-53(59-51)45-25-13-21-41(33-45)39-19-11-23-43(31-39)47-27-7-9-29-49(47)61-50-30-10-8-28-48(50)44-24-12-20-40(32-44)42-22-14-26-46(34-42)54-58-36-56-52(60-54)38-17-5-2-6-18-38/h1-36H. The maximum absolute atomic E-state index is 6.84. The highest BCUT2D eigenvalue weighted by atomic mass is 16.5. The summed E-state index contributed by atoms with van der Waals surface area (Å²) in [5, 5.41) is 0. The third-order valence-corrected chi connectivity index (χ3v) is 10.5. The van der Waals surface area contributed by atoms with Crippen molar-refractivity contribution >= 4 is 0 Å². The van der Waals surface area contributed by atoms with Gasteiger partial charge >= 0.3 is 0 Å². The van der Waals surface area contributed by atoms with Gasteiger partial charge in [0.15, 0.2) is 23.3 Å². The molecule has 288 valence electrons. The van der Waals surface area contributed by atoms with Crippen molar-refractivity contribution in [2.45, 2.75) is 0 Å². The molecule has 0 aliphatic carbocycles. The number of para-hydroxylation sites is 2. The molecule has 8 aromatic carbocycles. The van der Waals surface area contributed by atoms with E-state index in [1.165, 1.54) is 0 Å². The van der Waals surface area contributed by atoms with E-state index in [1.807, 2.05) is 121 Å². The van der Waals surface area contributed by atoms with Crippen LogP contribution in [0.2, 0.25) is 0 Å². The zero-order chi connectivity index (χ0) is 40.8. The summed E-state index contributed by atoms with van der Waals surface area (Å²) in [4.78, 5) is 27.5. The van der Waals surface area contributed by atoms with E-state index in [2.05, 4.69) is 105 Å². The van der Waals surface area contributed by atoms with Gasteiger partial charge in [0.1, 0.15) is 24.2 Å². The second-order valence-electron chi connectivity index (χ2n) is 14.4. The Bertz CT molecular complexity index is 2920. The molecule has 0 saturated heterocycles. The Morgan fingerprint density at radius 3 is 0.951 bits per heavy atom. The van der Waals surface area contributed by atoms with Gasteiger partial charge in [-0.25, -0.2) is 29.9 Å². The summed E-state index contributed by atoms with van der Waals surface area (Å²) in [5.41, 5.74) is 12.0. The van der Waals surface area contributed by atoms with Crippen molar-refractivity contribution in [1.29, 1.82) is 0 Å². The van der Waals surface area contributed by atoms with Crippen LogP contribution < -0.4 is 4.74 Å². The van der Waals surface area contributed by atoms with E-state index in [1.54, 1.807) is 12.7 Å². The van der Waals surface area contributed by atoms with Crippen molar-refractivity contribution in [1.82, 2.24) is 29.9 Å². The Hall–Kier alpha value is -8.42. The number of aromatic nitrogens is 6. The van der Waals surface area contributed by atoms with Crippen molar-refractivity contribution in [2.24, 2.45) is 0 Å². The fraction of sp³-hybridized carbons (Fsp3) is 0. The highest BCUT2D eigenvalue weighted by molar-refractivity contribution is 5.81. The van der Waals surface area contributed by atoms with Gasteiger partial charge in [0, 0.05) is 33.4 Å². The van der Waals surface area contributed by atoms with E-state index in [0.29, 0.717) is 23.3 Å². The first-order valence-corrected chi connectivity index (χ1v) is 20.0.